The smallest absolute Gasteiger partial charge is 0.123 e. The van der Waals surface area contributed by atoms with Gasteiger partial charge in [0, 0.05) is 23.7 Å². The molecule has 0 aliphatic carbocycles. The first-order valence-corrected chi connectivity index (χ1v) is 6.57. The molecule has 0 saturated heterocycles. The van der Waals surface area contributed by atoms with Crippen molar-refractivity contribution in [2.75, 3.05) is 19.0 Å². The summed E-state index contributed by atoms with van der Waals surface area (Å²) in [5, 5.41) is 3.31. The number of benzene rings is 2. The summed E-state index contributed by atoms with van der Waals surface area (Å²) in [6.45, 7) is 0.670. The second-order valence-electron chi connectivity index (χ2n) is 4.81. The maximum absolute atomic E-state index is 13.1. The topological polar surface area (TPSA) is 30.5 Å². The summed E-state index contributed by atoms with van der Waals surface area (Å²) in [4.78, 5) is 0. The Balaban J connectivity index is 1.60. The van der Waals surface area contributed by atoms with Gasteiger partial charge in [0.15, 0.2) is 0 Å². The minimum absolute atomic E-state index is 0.0259. The van der Waals surface area contributed by atoms with Gasteiger partial charge in [-0.2, -0.15) is 0 Å². The molecule has 1 atom stereocenters. The van der Waals surface area contributed by atoms with Crippen LogP contribution in [0.5, 0.6) is 11.5 Å². The van der Waals surface area contributed by atoms with Gasteiger partial charge in [-0.3, -0.25) is 0 Å². The van der Waals surface area contributed by atoms with Crippen molar-refractivity contribution in [3.05, 3.63) is 53.8 Å². The molecule has 0 aromatic heterocycles. The average molecular weight is 273 g/mol. The Morgan fingerprint density at radius 3 is 3.05 bits per heavy atom. The minimum Gasteiger partial charge on any atom is -0.497 e. The molecule has 0 saturated carbocycles. The lowest BCUT2D eigenvalue weighted by Gasteiger charge is -2.13. The molecular weight excluding hydrogens is 257 g/mol. The van der Waals surface area contributed by atoms with Crippen LogP contribution in [-0.2, 0) is 6.42 Å². The predicted octanol–water partition coefficient (Wildman–Crippen LogP) is 3.25. The zero-order chi connectivity index (χ0) is 13.9. The Bertz CT molecular complexity index is 615. The molecule has 20 heavy (non-hydrogen) atoms. The van der Waals surface area contributed by atoms with Crippen LogP contribution in [-0.4, -0.2) is 19.8 Å². The third-order valence-corrected chi connectivity index (χ3v) is 3.37. The van der Waals surface area contributed by atoms with E-state index in [1.54, 1.807) is 19.2 Å². The van der Waals surface area contributed by atoms with Crippen LogP contribution in [0.25, 0.3) is 0 Å². The first-order chi connectivity index (χ1) is 9.74. The van der Waals surface area contributed by atoms with Crippen LogP contribution >= 0.6 is 0 Å². The second kappa shape index (κ2) is 5.41. The van der Waals surface area contributed by atoms with Crippen LogP contribution in [0, 0.1) is 5.82 Å². The molecule has 0 radical (unpaired) electrons. The monoisotopic (exact) mass is 273 g/mol. The quantitative estimate of drug-likeness (QED) is 0.927. The zero-order valence-electron chi connectivity index (χ0n) is 11.2. The Labute approximate surface area is 117 Å². The van der Waals surface area contributed by atoms with E-state index in [9.17, 15) is 4.39 Å². The van der Waals surface area contributed by atoms with E-state index >= 15 is 0 Å². The van der Waals surface area contributed by atoms with Crippen molar-refractivity contribution >= 4 is 5.69 Å². The van der Waals surface area contributed by atoms with Gasteiger partial charge in [0.2, 0.25) is 0 Å². The SMILES string of the molecule is COc1cccc(NCC2Cc3cc(F)ccc3O2)c1. The zero-order valence-corrected chi connectivity index (χ0v) is 11.2. The van der Waals surface area contributed by atoms with E-state index in [-0.39, 0.29) is 11.9 Å². The van der Waals surface area contributed by atoms with Crippen molar-refractivity contribution in [1.82, 2.24) is 0 Å². The van der Waals surface area contributed by atoms with Gasteiger partial charge in [-0.15, -0.1) is 0 Å². The molecule has 2 aromatic rings. The summed E-state index contributed by atoms with van der Waals surface area (Å²) in [7, 11) is 1.64. The molecule has 0 fully saturated rings. The van der Waals surface area contributed by atoms with Gasteiger partial charge in [0.25, 0.3) is 0 Å². The maximum atomic E-state index is 13.1. The normalized spacial score (nSPS) is 16.4. The average Bonchev–Trinajstić information content (AvgIpc) is 2.87. The largest absolute Gasteiger partial charge is 0.497 e. The van der Waals surface area contributed by atoms with E-state index in [4.69, 9.17) is 9.47 Å². The molecule has 1 N–H and O–H groups in total. The lowest BCUT2D eigenvalue weighted by molar-refractivity contribution is 0.246. The summed E-state index contributed by atoms with van der Waals surface area (Å²) in [6.07, 6.45) is 0.752. The number of halogens is 1. The first kappa shape index (κ1) is 12.8. The molecule has 0 amide bonds. The lowest BCUT2D eigenvalue weighted by atomic mass is 10.1. The van der Waals surface area contributed by atoms with Crippen LogP contribution in [0.15, 0.2) is 42.5 Å². The van der Waals surface area contributed by atoms with E-state index in [0.717, 1.165) is 29.2 Å². The third-order valence-electron chi connectivity index (χ3n) is 3.37. The molecule has 1 aliphatic heterocycles. The van der Waals surface area contributed by atoms with Crippen molar-refractivity contribution in [3.8, 4) is 11.5 Å². The highest BCUT2D eigenvalue weighted by Crippen LogP contribution is 2.29. The highest BCUT2D eigenvalue weighted by Gasteiger charge is 2.22. The van der Waals surface area contributed by atoms with Gasteiger partial charge in [0.1, 0.15) is 23.4 Å². The van der Waals surface area contributed by atoms with Gasteiger partial charge in [0.05, 0.1) is 13.7 Å². The molecule has 1 aliphatic rings. The number of anilines is 1. The highest BCUT2D eigenvalue weighted by atomic mass is 19.1. The molecule has 1 heterocycles. The van der Waals surface area contributed by atoms with Crippen molar-refractivity contribution in [3.63, 3.8) is 0 Å². The van der Waals surface area contributed by atoms with Gasteiger partial charge < -0.3 is 14.8 Å². The number of nitrogens with one attached hydrogen (secondary N) is 1. The van der Waals surface area contributed by atoms with Gasteiger partial charge in [-0.05, 0) is 30.3 Å². The molecule has 1 unspecified atom stereocenters. The summed E-state index contributed by atoms with van der Waals surface area (Å²) in [5.74, 6) is 1.38. The van der Waals surface area contributed by atoms with Gasteiger partial charge in [-0.1, -0.05) is 6.07 Å². The number of hydrogen-bond donors (Lipinski definition) is 1. The van der Waals surface area contributed by atoms with Crippen molar-refractivity contribution in [1.29, 1.82) is 0 Å². The first-order valence-electron chi connectivity index (χ1n) is 6.57. The Morgan fingerprint density at radius 1 is 1.30 bits per heavy atom. The molecule has 3 nitrogen and oxygen atoms in total. The summed E-state index contributed by atoms with van der Waals surface area (Å²) in [5.41, 5.74) is 1.91. The number of fused-ring (bicyclic) bond motifs is 1. The van der Waals surface area contributed by atoms with E-state index < -0.39 is 0 Å². The fourth-order valence-corrected chi connectivity index (χ4v) is 2.37. The molecule has 0 spiro atoms. The van der Waals surface area contributed by atoms with E-state index in [1.165, 1.54) is 6.07 Å². The maximum Gasteiger partial charge on any atom is 0.123 e. The third kappa shape index (κ3) is 2.69. The summed E-state index contributed by atoms with van der Waals surface area (Å²) < 4.78 is 24.1. The number of rotatable bonds is 4. The number of ether oxygens (including phenoxy) is 2. The minimum atomic E-state index is -0.214. The van der Waals surface area contributed by atoms with Crippen molar-refractivity contribution < 1.29 is 13.9 Å². The predicted molar refractivity (Wildman–Crippen MR) is 76.0 cm³/mol. The molecule has 104 valence electrons. The van der Waals surface area contributed by atoms with Crippen LogP contribution in [0.4, 0.5) is 10.1 Å². The van der Waals surface area contributed by atoms with Crippen molar-refractivity contribution in [2.45, 2.75) is 12.5 Å². The van der Waals surface area contributed by atoms with Gasteiger partial charge in [-0.25, -0.2) is 4.39 Å². The summed E-state index contributed by atoms with van der Waals surface area (Å²) in [6, 6.07) is 12.4. The molecule has 2 aromatic carbocycles. The summed E-state index contributed by atoms with van der Waals surface area (Å²) >= 11 is 0. The van der Waals surface area contributed by atoms with Crippen LogP contribution in [0.2, 0.25) is 0 Å². The molecule has 3 rings (SSSR count). The van der Waals surface area contributed by atoms with Crippen molar-refractivity contribution in [2.24, 2.45) is 0 Å². The fraction of sp³-hybridized carbons (Fsp3) is 0.250. The number of hydrogen-bond acceptors (Lipinski definition) is 3. The molecular formula is C16H16FNO2. The van der Waals surface area contributed by atoms with E-state index in [0.29, 0.717) is 6.54 Å². The fourth-order valence-electron chi connectivity index (χ4n) is 2.37. The van der Waals surface area contributed by atoms with Gasteiger partial charge >= 0.3 is 0 Å². The molecule has 0 bridgehead atoms. The lowest BCUT2D eigenvalue weighted by Crippen LogP contribution is -2.23. The Morgan fingerprint density at radius 2 is 2.20 bits per heavy atom. The van der Waals surface area contributed by atoms with E-state index in [1.807, 2.05) is 24.3 Å². The molecule has 4 heteroatoms. The number of methoxy groups -OCH3 is 1. The Hall–Kier alpha value is -2.23. The van der Waals surface area contributed by atoms with Crippen LogP contribution < -0.4 is 14.8 Å². The van der Waals surface area contributed by atoms with Crippen LogP contribution in [0.3, 0.4) is 0 Å². The standard InChI is InChI=1S/C16H16FNO2/c1-19-14-4-2-3-13(9-14)18-10-15-8-11-7-12(17)5-6-16(11)20-15/h2-7,9,15,18H,8,10H2,1H3. The second-order valence-corrected chi connectivity index (χ2v) is 4.81. The van der Waals surface area contributed by atoms with E-state index in [2.05, 4.69) is 5.32 Å². The Kier molecular flexibility index (Phi) is 3.46. The van der Waals surface area contributed by atoms with Crippen LogP contribution in [0.1, 0.15) is 5.56 Å². The highest BCUT2D eigenvalue weighted by molar-refractivity contribution is 5.48.